The van der Waals surface area contributed by atoms with Crippen molar-refractivity contribution in [2.75, 3.05) is 0 Å². The van der Waals surface area contributed by atoms with E-state index >= 15 is 0 Å². The fraction of sp³-hybridized carbons (Fsp3) is 0. The Morgan fingerprint density at radius 2 is 1.27 bits per heavy atom. The maximum atomic E-state index is 5.65. The molecule has 0 aliphatic heterocycles. The van der Waals surface area contributed by atoms with Crippen LogP contribution in [0.25, 0.3) is 0 Å². The Kier molecular flexibility index (Phi) is 9.71. The quantitative estimate of drug-likeness (QED) is 0.329. The van der Waals surface area contributed by atoms with Crippen LogP contribution >= 0.6 is 34.0 Å². The van der Waals surface area contributed by atoms with Gasteiger partial charge in [-0.15, -0.1) is 0 Å². The Bertz CT molecular complexity index is 156. The predicted molar refractivity (Wildman–Crippen MR) is 103 cm³/mol. The van der Waals surface area contributed by atoms with Crippen LogP contribution < -0.4 is 0 Å². The topological polar surface area (TPSA) is 0 Å². The van der Waals surface area contributed by atoms with E-state index in [0.717, 1.165) is 0 Å². The van der Waals surface area contributed by atoms with E-state index in [9.17, 15) is 0 Å². The Morgan fingerprint density at radius 3 is 1.47 bits per heavy atom. The maximum absolute atomic E-state index is 5.65. The zero-order valence-electron chi connectivity index (χ0n) is 8.26. The molecule has 0 fully saturated rings. The molecule has 0 saturated heterocycles. The van der Waals surface area contributed by atoms with Gasteiger partial charge < -0.3 is 0 Å². The van der Waals surface area contributed by atoms with Crippen molar-refractivity contribution in [3.63, 3.8) is 0 Å². The summed E-state index contributed by atoms with van der Waals surface area (Å²) in [5.41, 5.74) is 0. The zero-order chi connectivity index (χ0) is 12.2. The third kappa shape index (κ3) is 5.65. The van der Waals surface area contributed by atoms with E-state index in [-0.39, 0.29) is 8.70 Å². The molecule has 0 aromatic carbocycles. The fourth-order valence-corrected chi connectivity index (χ4v) is 12.1. The number of hydrogen-bond acceptors (Lipinski definition) is 0. The molecule has 0 unspecified atom stereocenters. The first kappa shape index (κ1) is 17.3. The molecular weight excluding hydrogens is 394 g/mol. The van der Waals surface area contributed by atoms with E-state index in [4.69, 9.17) is 54.2 Å². The third-order valence-corrected chi connectivity index (χ3v) is 14.7. The third-order valence-electron chi connectivity index (χ3n) is 1.77. The van der Waals surface area contributed by atoms with Crippen LogP contribution in [0.3, 0.4) is 0 Å². The minimum atomic E-state index is -1.75. The minimum absolute atomic E-state index is 0.0796. The van der Waals surface area contributed by atoms with E-state index in [0.29, 0.717) is 0 Å². The standard InChI is InChI=1S/B13I2/c1-8-12(9(2)3)15(14)13(10(4)5)11(6)7. The fourth-order valence-electron chi connectivity index (χ4n) is 1.04. The second-order valence-corrected chi connectivity index (χ2v) is 14.0. The van der Waals surface area contributed by atoms with Gasteiger partial charge in [0.25, 0.3) is 0 Å². The van der Waals surface area contributed by atoms with Gasteiger partial charge in [0, 0.05) is 0 Å². The first-order chi connectivity index (χ1) is 6.82. The Morgan fingerprint density at radius 1 is 0.867 bits per heavy atom. The molecule has 0 heterocycles. The second kappa shape index (κ2) is 8.41. The van der Waals surface area contributed by atoms with Crippen molar-refractivity contribution >= 4 is 123 Å². The van der Waals surface area contributed by atoms with Crippen LogP contribution in [0.5, 0.6) is 0 Å². The van der Waals surface area contributed by atoms with E-state index in [1.165, 1.54) is 7.06 Å². The second-order valence-electron chi connectivity index (χ2n) is 3.10. The average molecular weight is 394 g/mol. The molecule has 0 aliphatic carbocycles. The van der Waals surface area contributed by atoms with Crippen LogP contribution in [-0.4, -0.2) is 89.1 Å². The van der Waals surface area contributed by atoms with Crippen molar-refractivity contribution < 1.29 is 0 Å². The molecule has 0 amide bonds. The summed E-state index contributed by atoms with van der Waals surface area (Å²) in [5, 5.41) is 0. The molecule has 0 saturated carbocycles. The predicted octanol–water partition coefficient (Wildman–Crippen LogP) is -3.18. The van der Waals surface area contributed by atoms with Crippen LogP contribution in [0.1, 0.15) is 0 Å². The van der Waals surface area contributed by atoms with Gasteiger partial charge in [-0.05, 0) is 0 Å². The van der Waals surface area contributed by atoms with Gasteiger partial charge in [0.15, 0.2) is 0 Å². The molecule has 0 bridgehead atoms. The van der Waals surface area contributed by atoms with Gasteiger partial charge in [-0.3, -0.25) is 0 Å². The number of rotatable bonds is 6. The van der Waals surface area contributed by atoms with Gasteiger partial charge in [-0.1, -0.05) is 0 Å². The normalized spacial score (nSPS) is 10.1. The molecular formula is B13I2. The number of hydrogen-bond donors (Lipinski definition) is 0. The van der Waals surface area contributed by atoms with Gasteiger partial charge in [0.2, 0.25) is 0 Å². The summed E-state index contributed by atoms with van der Waals surface area (Å²) in [4.78, 5) is 0. The van der Waals surface area contributed by atoms with E-state index in [1.54, 1.807) is 0 Å². The van der Waals surface area contributed by atoms with Crippen LogP contribution in [0.2, 0.25) is 0 Å². The summed E-state index contributed by atoms with van der Waals surface area (Å²) >= 11 is 0.523. The molecule has 15 heavy (non-hydrogen) atoms. The molecule has 0 aromatic rings. The molecule has 15 heteroatoms. The zero-order valence-corrected chi connectivity index (χ0v) is 12.6. The SMILES string of the molecule is [B][B]B(B([B])[B])I(I)B(B([B])[B])B([B])[B]. The summed E-state index contributed by atoms with van der Waals surface area (Å²) in [6, 6.07) is 0. The first-order valence-electron chi connectivity index (χ1n) is 4.25. The van der Waals surface area contributed by atoms with Crippen molar-refractivity contribution in [2.24, 2.45) is 0 Å². The van der Waals surface area contributed by atoms with Crippen molar-refractivity contribution in [1.29, 1.82) is 0 Å². The van der Waals surface area contributed by atoms with Gasteiger partial charge in [0.05, 0.1) is 0 Å². The molecule has 0 rings (SSSR count). The van der Waals surface area contributed by atoms with Gasteiger partial charge in [-0.25, -0.2) is 0 Å². The molecule has 0 aliphatic rings. The summed E-state index contributed by atoms with van der Waals surface area (Å²) < 4.78 is -0.224. The molecule has 0 atom stereocenters. The Balaban J connectivity index is 4.67. The summed E-state index contributed by atoms with van der Waals surface area (Å²) in [6.45, 7) is 0. The van der Waals surface area contributed by atoms with Crippen molar-refractivity contribution in [1.82, 2.24) is 0 Å². The summed E-state index contributed by atoms with van der Waals surface area (Å²) in [7, 11) is 40.8. The van der Waals surface area contributed by atoms with E-state index < -0.39 is 34.6 Å². The van der Waals surface area contributed by atoms with E-state index in [2.05, 4.69) is 18.6 Å². The van der Waals surface area contributed by atoms with Crippen LogP contribution in [0, 0.1) is 0 Å². The van der Waals surface area contributed by atoms with Gasteiger partial charge in [0.1, 0.15) is 0 Å². The monoisotopic (exact) mass is 397 g/mol. The van der Waals surface area contributed by atoms with Crippen LogP contribution in [0.4, 0.5) is 0 Å². The van der Waals surface area contributed by atoms with Gasteiger partial charge in [-0.2, -0.15) is 0 Å². The van der Waals surface area contributed by atoms with Crippen LogP contribution in [-0.2, 0) is 0 Å². The van der Waals surface area contributed by atoms with Crippen molar-refractivity contribution in [3.8, 4) is 0 Å². The number of halogens is 2. The Labute approximate surface area is 122 Å². The molecule has 0 N–H and O–H groups in total. The van der Waals surface area contributed by atoms with Gasteiger partial charge >= 0.3 is 123 Å². The first-order valence-corrected chi connectivity index (χ1v) is 13.0. The van der Waals surface area contributed by atoms with Crippen molar-refractivity contribution in [3.05, 3.63) is 0 Å². The Hall–Kier alpha value is 2.30. The molecule has 0 aromatic heterocycles. The molecule has 0 spiro atoms. The molecule has 0 nitrogen and oxygen atoms in total. The van der Waals surface area contributed by atoms with E-state index in [1.807, 2.05) is 0 Å². The summed E-state index contributed by atoms with van der Waals surface area (Å²) in [6.07, 6.45) is -1.64. The van der Waals surface area contributed by atoms with Crippen LogP contribution in [0.15, 0.2) is 0 Å². The average Bonchev–Trinajstić information content (AvgIpc) is 2.02. The van der Waals surface area contributed by atoms with Crippen molar-refractivity contribution in [2.45, 2.75) is 0 Å². The molecule has 15 radical (unpaired) electrons. The summed E-state index contributed by atoms with van der Waals surface area (Å²) in [5.74, 6) is 0. The molecule has 53 valence electrons.